The smallest absolute Gasteiger partial charge is 0.248 e. The first-order valence-corrected chi connectivity index (χ1v) is 9.59. The molecule has 0 radical (unpaired) electrons. The molecule has 2 heterocycles. The van der Waals surface area contributed by atoms with Crippen LogP contribution in [0.2, 0.25) is 0 Å². The van der Waals surface area contributed by atoms with Crippen LogP contribution in [0.5, 0.6) is 0 Å². The minimum absolute atomic E-state index is 0.483. The molecule has 5 rings (SSSR count). The summed E-state index contributed by atoms with van der Waals surface area (Å²) in [6.45, 7) is 4.00. The lowest BCUT2D eigenvalue weighted by Crippen LogP contribution is -1.90. The maximum Gasteiger partial charge on any atom is 0.248 e. The molecule has 146 valence electrons. The molecular formula is C24H18N4O2. The molecule has 6 heteroatoms. The Morgan fingerprint density at radius 3 is 1.27 bits per heavy atom. The van der Waals surface area contributed by atoms with Crippen molar-refractivity contribution in [1.29, 1.82) is 0 Å². The van der Waals surface area contributed by atoms with E-state index in [1.165, 1.54) is 0 Å². The van der Waals surface area contributed by atoms with Crippen LogP contribution in [0, 0.1) is 13.8 Å². The molecule has 0 aliphatic carbocycles. The minimum atomic E-state index is 0.483. The summed E-state index contributed by atoms with van der Waals surface area (Å²) in [6, 6.07) is 23.5. The van der Waals surface area contributed by atoms with Crippen LogP contribution in [0.25, 0.3) is 45.8 Å². The molecule has 3 aromatic carbocycles. The molecule has 0 spiro atoms. The fourth-order valence-corrected chi connectivity index (χ4v) is 3.34. The summed E-state index contributed by atoms with van der Waals surface area (Å²) in [4.78, 5) is 0. The molecule has 0 saturated heterocycles. The SMILES string of the molecule is Cc1cc(-c2nnc(-c3ccccc3)o2)c(C)cc1-c1nnc(-c2ccccc2)o1. The van der Waals surface area contributed by atoms with E-state index >= 15 is 0 Å². The van der Waals surface area contributed by atoms with Crippen molar-refractivity contribution in [2.45, 2.75) is 13.8 Å². The lowest BCUT2D eigenvalue weighted by molar-refractivity contribution is 0.582. The summed E-state index contributed by atoms with van der Waals surface area (Å²) in [6.07, 6.45) is 0. The molecule has 0 saturated carbocycles. The third kappa shape index (κ3) is 3.28. The summed E-state index contributed by atoms with van der Waals surface area (Å²) in [5.41, 5.74) is 5.52. The van der Waals surface area contributed by atoms with Crippen molar-refractivity contribution < 1.29 is 8.83 Å². The summed E-state index contributed by atoms with van der Waals surface area (Å²) in [7, 11) is 0. The van der Waals surface area contributed by atoms with E-state index in [-0.39, 0.29) is 0 Å². The van der Waals surface area contributed by atoms with E-state index in [4.69, 9.17) is 8.83 Å². The largest absolute Gasteiger partial charge is 0.416 e. The summed E-state index contributed by atoms with van der Waals surface area (Å²) >= 11 is 0. The van der Waals surface area contributed by atoms with Crippen molar-refractivity contribution in [3.05, 3.63) is 83.9 Å². The molecule has 30 heavy (non-hydrogen) atoms. The van der Waals surface area contributed by atoms with E-state index in [0.717, 1.165) is 33.4 Å². The molecular weight excluding hydrogens is 376 g/mol. The lowest BCUT2D eigenvalue weighted by Gasteiger charge is -2.07. The highest BCUT2D eigenvalue weighted by molar-refractivity contribution is 5.70. The lowest BCUT2D eigenvalue weighted by atomic mass is 10.00. The van der Waals surface area contributed by atoms with Crippen molar-refractivity contribution in [1.82, 2.24) is 20.4 Å². The fraction of sp³-hybridized carbons (Fsp3) is 0.0833. The average molecular weight is 394 g/mol. The van der Waals surface area contributed by atoms with E-state index in [2.05, 4.69) is 20.4 Å². The number of aryl methyl sites for hydroxylation is 2. The summed E-state index contributed by atoms with van der Waals surface area (Å²) in [5, 5.41) is 16.9. The molecule has 5 aromatic rings. The van der Waals surface area contributed by atoms with Crippen molar-refractivity contribution in [2.24, 2.45) is 0 Å². The van der Waals surface area contributed by atoms with Crippen molar-refractivity contribution >= 4 is 0 Å². The van der Waals surface area contributed by atoms with Crippen LogP contribution in [0.3, 0.4) is 0 Å². The molecule has 0 aliphatic heterocycles. The topological polar surface area (TPSA) is 77.8 Å². The Bertz CT molecular complexity index is 1200. The molecule has 0 aliphatic rings. The van der Waals surface area contributed by atoms with Crippen LogP contribution in [0.4, 0.5) is 0 Å². The van der Waals surface area contributed by atoms with Crippen molar-refractivity contribution in [2.75, 3.05) is 0 Å². The first-order valence-electron chi connectivity index (χ1n) is 9.59. The molecule has 0 atom stereocenters. The Labute approximate surface area is 173 Å². The molecule has 0 unspecified atom stereocenters. The molecule has 2 aromatic heterocycles. The summed E-state index contributed by atoms with van der Waals surface area (Å²) < 4.78 is 11.9. The van der Waals surface area contributed by atoms with Gasteiger partial charge in [0, 0.05) is 22.3 Å². The number of hydrogen-bond donors (Lipinski definition) is 0. The third-order valence-electron chi connectivity index (χ3n) is 4.92. The molecule has 0 amide bonds. The Hall–Kier alpha value is -4.06. The van der Waals surface area contributed by atoms with E-state index in [1.807, 2.05) is 86.6 Å². The highest BCUT2D eigenvalue weighted by Gasteiger charge is 2.18. The predicted molar refractivity (Wildman–Crippen MR) is 113 cm³/mol. The van der Waals surface area contributed by atoms with Gasteiger partial charge in [0.1, 0.15) is 0 Å². The van der Waals surface area contributed by atoms with Gasteiger partial charge in [-0.2, -0.15) is 0 Å². The Morgan fingerprint density at radius 2 is 0.867 bits per heavy atom. The van der Waals surface area contributed by atoms with E-state index in [1.54, 1.807) is 0 Å². The molecule has 0 bridgehead atoms. The standard InChI is InChI=1S/C24H18N4O2/c1-15-13-20(24-28-26-22(30-24)18-11-7-4-8-12-18)16(2)14-19(15)23-27-25-21(29-23)17-9-5-3-6-10-17/h3-14H,1-2H3. The van der Waals surface area contributed by atoms with Gasteiger partial charge in [-0.15, -0.1) is 20.4 Å². The monoisotopic (exact) mass is 394 g/mol. The number of benzene rings is 3. The third-order valence-corrected chi connectivity index (χ3v) is 4.92. The van der Waals surface area contributed by atoms with Gasteiger partial charge in [0.25, 0.3) is 0 Å². The van der Waals surface area contributed by atoms with Crippen LogP contribution in [0.1, 0.15) is 11.1 Å². The maximum absolute atomic E-state index is 5.93. The van der Waals surface area contributed by atoms with Crippen LogP contribution in [0.15, 0.2) is 81.6 Å². The van der Waals surface area contributed by atoms with E-state index < -0.39 is 0 Å². The van der Waals surface area contributed by atoms with Crippen molar-refractivity contribution in [3.8, 4) is 45.8 Å². The molecule has 0 N–H and O–H groups in total. The van der Waals surface area contributed by atoms with Crippen LogP contribution in [-0.4, -0.2) is 20.4 Å². The summed E-state index contributed by atoms with van der Waals surface area (Å²) in [5.74, 6) is 1.96. The Balaban J connectivity index is 1.49. The predicted octanol–water partition coefficient (Wildman–Crippen LogP) is 5.74. The maximum atomic E-state index is 5.93. The molecule has 0 fully saturated rings. The van der Waals surface area contributed by atoms with Gasteiger partial charge in [-0.25, -0.2) is 0 Å². The second kappa shape index (κ2) is 7.40. The number of hydrogen-bond acceptors (Lipinski definition) is 6. The van der Waals surface area contributed by atoms with Crippen LogP contribution < -0.4 is 0 Å². The van der Waals surface area contributed by atoms with Gasteiger partial charge in [-0.05, 0) is 61.4 Å². The zero-order valence-electron chi connectivity index (χ0n) is 16.5. The highest BCUT2D eigenvalue weighted by Crippen LogP contribution is 2.33. The van der Waals surface area contributed by atoms with Gasteiger partial charge in [0.2, 0.25) is 23.6 Å². The van der Waals surface area contributed by atoms with Gasteiger partial charge >= 0.3 is 0 Å². The van der Waals surface area contributed by atoms with Gasteiger partial charge in [-0.1, -0.05) is 36.4 Å². The normalized spacial score (nSPS) is 11.0. The first kappa shape index (κ1) is 18.0. The van der Waals surface area contributed by atoms with Crippen molar-refractivity contribution in [3.63, 3.8) is 0 Å². The first-order chi connectivity index (χ1) is 14.7. The second-order valence-electron chi connectivity index (χ2n) is 7.04. The number of aromatic nitrogens is 4. The number of nitrogens with zero attached hydrogens (tertiary/aromatic N) is 4. The van der Waals surface area contributed by atoms with Gasteiger partial charge < -0.3 is 8.83 Å². The van der Waals surface area contributed by atoms with E-state index in [9.17, 15) is 0 Å². The highest BCUT2D eigenvalue weighted by atomic mass is 16.4. The van der Waals surface area contributed by atoms with Gasteiger partial charge in [0.05, 0.1) is 0 Å². The van der Waals surface area contributed by atoms with Gasteiger partial charge in [0.15, 0.2) is 0 Å². The number of rotatable bonds is 4. The van der Waals surface area contributed by atoms with E-state index in [0.29, 0.717) is 23.6 Å². The van der Waals surface area contributed by atoms with Crippen LogP contribution in [-0.2, 0) is 0 Å². The zero-order chi connectivity index (χ0) is 20.5. The second-order valence-corrected chi connectivity index (χ2v) is 7.04. The van der Waals surface area contributed by atoms with Gasteiger partial charge in [-0.3, -0.25) is 0 Å². The Morgan fingerprint density at radius 1 is 0.500 bits per heavy atom. The van der Waals surface area contributed by atoms with Crippen LogP contribution >= 0.6 is 0 Å². The zero-order valence-corrected chi connectivity index (χ0v) is 16.5. The average Bonchev–Trinajstić information content (AvgIpc) is 3.47. The fourth-order valence-electron chi connectivity index (χ4n) is 3.34. The molecule has 6 nitrogen and oxygen atoms in total. The quantitative estimate of drug-likeness (QED) is 0.387. The Kier molecular flexibility index (Phi) is 4.44. The minimum Gasteiger partial charge on any atom is -0.416 e.